The van der Waals surface area contributed by atoms with Crippen LogP contribution in [0.15, 0.2) is 48.5 Å². The van der Waals surface area contributed by atoms with Crippen molar-refractivity contribution in [2.24, 2.45) is 0 Å². The van der Waals surface area contributed by atoms with Gasteiger partial charge in [0, 0.05) is 24.3 Å². The lowest BCUT2D eigenvalue weighted by atomic mass is 10.1. The van der Waals surface area contributed by atoms with Crippen LogP contribution in [0.3, 0.4) is 0 Å². The number of fused-ring (bicyclic) bond motifs is 1. The van der Waals surface area contributed by atoms with Gasteiger partial charge in [-0.25, -0.2) is 0 Å². The van der Waals surface area contributed by atoms with Crippen molar-refractivity contribution in [3.8, 4) is 11.5 Å². The van der Waals surface area contributed by atoms with Gasteiger partial charge in [0.2, 0.25) is 0 Å². The van der Waals surface area contributed by atoms with Crippen molar-refractivity contribution < 1.29 is 14.3 Å². The Morgan fingerprint density at radius 3 is 2.50 bits per heavy atom. The number of anilines is 1. The van der Waals surface area contributed by atoms with Crippen LogP contribution in [-0.4, -0.2) is 38.3 Å². The lowest BCUT2D eigenvalue weighted by molar-refractivity contribution is 0.0789. The highest BCUT2D eigenvalue weighted by Crippen LogP contribution is 2.30. The maximum Gasteiger partial charge on any atom is 0.251 e. The van der Waals surface area contributed by atoms with Crippen LogP contribution in [0.25, 0.3) is 0 Å². The van der Waals surface area contributed by atoms with Gasteiger partial charge in [-0.1, -0.05) is 12.1 Å². The van der Waals surface area contributed by atoms with Crippen LogP contribution in [0.1, 0.15) is 29.6 Å². The third-order valence-electron chi connectivity index (χ3n) is 4.91. The summed E-state index contributed by atoms with van der Waals surface area (Å²) in [5.74, 6) is 1.39. The van der Waals surface area contributed by atoms with Gasteiger partial charge >= 0.3 is 0 Å². The Bertz CT molecular complexity index is 754. The van der Waals surface area contributed by atoms with Crippen molar-refractivity contribution in [3.05, 3.63) is 54.1 Å². The zero-order chi connectivity index (χ0) is 17.8. The van der Waals surface area contributed by atoms with Crippen LogP contribution < -0.4 is 19.7 Å². The fourth-order valence-electron chi connectivity index (χ4n) is 3.45. The molecule has 0 aliphatic carbocycles. The Labute approximate surface area is 153 Å². The predicted molar refractivity (Wildman–Crippen MR) is 101 cm³/mol. The van der Waals surface area contributed by atoms with Crippen LogP contribution in [0.5, 0.6) is 11.5 Å². The van der Waals surface area contributed by atoms with E-state index < -0.39 is 0 Å². The van der Waals surface area contributed by atoms with E-state index in [1.165, 1.54) is 24.9 Å². The monoisotopic (exact) mass is 352 g/mol. The number of rotatable bonds is 4. The van der Waals surface area contributed by atoms with E-state index in [1.807, 2.05) is 48.5 Å². The minimum absolute atomic E-state index is 0.0855. The van der Waals surface area contributed by atoms with E-state index >= 15 is 0 Å². The second-order valence-corrected chi connectivity index (χ2v) is 6.80. The maximum atomic E-state index is 12.4. The number of carbonyl (C=O) groups excluding carboxylic acids is 1. The Hall–Kier alpha value is -2.69. The molecule has 1 fully saturated rings. The third kappa shape index (κ3) is 3.77. The molecule has 5 heteroatoms. The van der Waals surface area contributed by atoms with Crippen LogP contribution in [0.2, 0.25) is 0 Å². The summed E-state index contributed by atoms with van der Waals surface area (Å²) >= 11 is 0. The molecule has 0 aromatic heterocycles. The summed E-state index contributed by atoms with van der Waals surface area (Å²) in [5, 5.41) is 2.94. The normalized spacial score (nSPS) is 19.1. The molecule has 2 heterocycles. The zero-order valence-electron chi connectivity index (χ0n) is 14.8. The summed E-state index contributed by atoms with van der Waals surface area (Å²) in [6.45, 7) is 3.06. The van der Waals surface area contributed by atoms with Gasteiger partial charge in [-0.3, -0.25) is 4.79 Å². The number of nitrogens with zero attached hydrogens (tertiary/aromatic N) is 1. The zero-order valence-corrected chi connectivity index (χ0v) is 14.8. The van der Waals surface area contributed by atoms with Gasteiger partial charge in [-0.2, -0.15) is 0 Å². The molecular weight excluding hydrogens is 328 g/mol. The van der Waals surface area contributed by atoms with Crippen LogP contribution in [0, 0.1) is 0 Å². The van der Waals surface area contributed by atoms with E-state index in [0.717, 1.165) is 24.6 Å². The van der Waals surface area contributed by atoms with Gasteiger partial charge in [-0.05, 0) is 55.7 Å². The fraction of sp³-hybridized carbons (Fsp3) is 0.381. The summed E-state index contributed by atoms with van der Waals surface area (Å²) in [6.07, 6.45) is 3.62. The van der Waals surface area contributed by atoms with E-state index in [1.54, 1.807) is 0 Å². The van der Waals surface area contributed by atoms with Crippen molar-refractivity contribution in [1.29, 1.82) is 0 Å². The molecule has 2 aromatic carbocycles. The predicted octanol–water partition coefficient (Wildman–Crippen LogP) is 3.25. The Kier molecular flexibility index (Phi) is 4.95. The Morgan fingerprint density at radius 2 is 1.73 bits per heavy atom. The Morgan fingerprint density at radius 1 is 1.00 bits per heavy atom. The van der Waals surface area contributed by atoms with Crippen LogP contribution in [0.4, 0.5) is 5.69 Å². The number of nitrogens with one attached hydrogen (secondary N) is 1. The summed E-state index contributed by atoms with van der Waals surface area (Å²) < 4.78 is 11.5. The molecule has 2 aromatic rings. The molecular formula is C21H24N2O3. The molecule has 4 rings (SSSR count). The maximum absolute atomic E-state index is 12.4. The molecule has 0 saturated carbocycles. The molecule has 1 saturated heterocycles. The van der Waals surface area contributed by atoms with Gasteiger partial charge in [0.15, 0.2) is 11.5 Å². The highest BCUT2D eigenvalue weighted by molar-refractivity contribution is 5.94. The van der Waals surface area contributed by atoms with Crippen LogP contribution in [-0.2, 0) is 0 Å². The van der Waals surface area contributed by atoms with E-state index in [0.29, 0.717) is 18.7 Å². The van der Waals surface area contributed by atoms with E-state index in [4.69, 9.17) is 9.47 Å². The summed E-state index contributed by atoms with van der Waals surface area (Å²) in [6, 6.07) is 15.5. The SMILES string of the molecule is O=C(NCC1COc2ccccc2O1)c1ccc(N2CCCCC2)cc1. The molecule has 2 aliphatic rings. The molecule has 1 amide bonds. The topological polar surface area (TPSA) is 50.8 Å². The smallest absolute Gasteiger partial charge is 0.251 e. The average molecular weight is 352 g/mol. The van der Waals surface area contributed by atoms with Crippen LogP contribution >= 0.6 is 0 Å². The first-order chi connectivity index (χ1) is 12.8. The first-order valence-corrected chi connectivity index (χ1v) is 9.31. The third-order valence-corrected chi connectivity index (χ3v) is 4.91. The van der Waals surface area contributed by atoms with Crippen molar-refractivity contribution in [3.63, 3.8) is 0 Å². The molecule has 0 radical (unpaired) electrons. The molecule has 136 valence electrons. The van der Waals surface area contributed by atoms with E-state index in [9.17, 15) is 4.79 Å². The largest absolute Gasteiger partial charge is 0.486 e. The molecule has 5 nitrogen and oxygen atoms in total. The number of piperidine rings is 1. The van der Waals surface area contributed by atoms with E-state index in [2.05, 4.69) is 10.2 Å². The number of carbonyl (C=O) groups is 1. The molecule has 1 N–H and O–H groups in total. The summed E-state index contributed by atoms with van der Waals surface area (Å²) in [7, 11) is 0. The number of hydrogen-bond acceptors (Lipinski definition) is 4. The Balaban J connectivity index is 1.31. The fourth-order valence-corrected chi connectivity index (χ4v) is 3.45. The van der Waals surface area contributed by atoms with E-state index in [-0.39, 0.29) is 12.0 Å². The van der Waals surface area contributed by atoms with Crippen molar-refractivity contribution in [2.45, 2.75) is 25.4 Å². The number of ether oxygens (including phenoxy) is 2. The molecule has 2 aliphatic heterocycles. The average Bonchev–Trinajstić information content (AvgIpc) is 2.72. The van der Waals surface area contributed by atoms with Gasteiger partial charge < -0.3 is 19.7 Å². The van der Waals surface area contributed by atoms with Gasteiger partial charge in [0.05, 0.1) is 6.54 Å². The minimum Gasteiger partial charge on any atom is -0.486 e. The van der Waals surface area contributed by atoms with Crippen molar-refractivity contribution >= 4 is 11.6 Å². The molecule has 1 atom stereocenters. The quantitative estimate of drug-likeness (QED) is 0.918. The summed E-state index contributed by atoms with van der Waals surface area (Å²) in [4.78, 5) is 14.8. The van der Waals surface area contributed by atoms with Crippen molar-refractivity contribution in [2.75, 3.05) is 31.1 Å². The molecule has 0 spiro atoms. The van der Waals surface area contributed by atoms with Gasteiger partial charge in [0.1, 0.15) is 12.7 Å². The molecule has 0 bridgehead atoms. The lowest BCUT2D eigenvalue weighted by Gasteiger charge is -2.29. The number of amides is 1. The minimum atomic E-state index is -0.179. The molecule has 1 unspecified atom stereocenters. The summed E-state index contributed by atoms with van der Waals surface area (Å²) in [5.41, 5.74) is 1.87. The van der Waals surface area contributed by atoms with Crippen molar-refractivity contribution in [1.82, 2.24) is 5.32 Å². The first-order valence-electron chi connectivity index (χ1n) is 9.31. The number of hydrogen-bond donors (Lipinski definition) is 1. The van der Waals surface area contributed by atoms with Gasteiger partial charge in [-0.15, -0.1) is 0 Å². The highest BCUT2D eigenvalue weighted by Gasteiger charge is 2.21. The van der Waals surface area contributed by atoms with Gasteiger partial charge in [0.25, 0.3) is 5.91 Å². The second-order valence-electron chi connectivity index (χ2n) is 6.80. The number of benzene rings is 2. The molecule has 26 heavy (non-hydrogen) atoms. The lowest BCUT2D eigenvalue weighted by Crippen LogP contribution is -2.40. The number of para-hydroxylation sites is 2. The standard InChI is InChI=1S/C21H24N2O3/c24-21(16-8-10-17(11-9-16)23-12-4-1-5-13-23)22-14-18-15-25-19-6-2-3-7-20(19)26-18/h2-3,6-11,18H,1,4-5,12-15H2,(H,22,24). The highest BCUT2D eigenvalue weighted by atomic mass is 16.6. The first kappa shape index (κ1) is 16.8. The second kappa shape index (κ2) is 7.68.